The van der Waals surface area contributed by atoms with Crippen LogP contribution in [0.5, 0.6) is 5.75 Å². The lowest BCUT2D eigenvalue weighted by molar-refractivity contribution is -0.162. The third-order valence-electron chi connectivity index (χ3n) is 2.42. The van der Waals surface area contributed by atoms with Gasteiger partial charge in [0.25, 0.3) is 0 Å². The van der Waals surface area contributed by atoms with Crippen molar-refractivity contribution < 1.29 is 26.3 Å². The molecule has 0 heterocycles. The summed E-state index contributed by atoms with van der Waals surface area (Å²) in [7, 11) is -3.48. The van der Waals surface area contributed by atoms with Gasteiger partial charge in [-0.3, -0.25) is 5.41 Å². The Morgan fingerprint density at radius 3 is 2.50 bits per heavy atom. The second kappa shape index (κ2) is 5.70. The van der Waals surface area contributed by atoms with E-state index in [-0.39, 0.29) is 10.6 Å². The fraction of sp³-hybridized carbons (Fsp3) is 0.364. The topological polar surface area (TPSA) is 93.2 Å². The molecule has 1 rings (SSSR count). The fourth-order valence-electron chi connectivity index (χ4n) is 1.33. The molecule has 9 heteroatoms. The van der Waals surface area contributed by atoms with Crippen molar-refractivity contribution in [1.29, 1.82) is 5.41 Å². The van der Waals surface area contributed by atoms with Crippen LogP contribution in [0.25, 0.3) is 0 Å². The Hall–Kier alpha value is -1.77. The summed E-state index contributed by atoms with van der Waals surface area (Å²) in [6, 6.07) is 5.08. The molecule has 0 aromatic heterocycles. The smallest absolute Gasteiger partial charge is 0.401 e. The number of hydrogen-bond acceptors (Lipinski definition) is 4. The van der Waals surface area contributed by atoms with Crippen molar-refractivity contribution in [2.45, 2.75) is 11.1 Å². The number of nitrogens with one attached hydrogen (secondary N) is 1. The summed E-state index contributed by atoms with van der Waals surface area (Å²) < 4.78 is 65.1. The van der Waals surface area contributed by atoms with Crippen molar-refractivity contribution in [3.8, 4) is 5.75 Å². The minimum atomic E-state index is -4.69. The number of rotatable bonds is 5. The predicted molar refractivity (Wildman–Crippen MR) is 66.5 cm³/mol. The van der Waals surface area contributed by atoms with Gasteiger partial charge < -0.3 is 10.5 Å². The molecule has 20 heavy (non-hydrogen) atoms. The molecule has 0 aliphatic carbocycles. The van der Waals surface area contributed by atoms with Gasteiger partial charge in [-0.2, -0.15) is 13.2 Å². The van der Waals surface area contributed by atoms with E-state index in [1.54, 1.807) is 0 Å². The Morgan fingerprint density at radius 2 is 2.05 bits per heavy atom. The van der Waals surface area contributed by atoms with Crippen LogP contribution in [0.15, 0.2) is 29.2 Å². The monoisotopic (exact) mass is 310 g/mol. The first-order valence-corrected chi connectivity index (χ1v) is 7.24. The summed E-state index contributed by atoms with van der Waals surface area (Å²) in [5.74, 6) is -3.33. The van der Waals surface area contributed by atoms with Gasteiger partial charge >= 0.3 is 6.18 Å². The van der Waals surface area contributed by atoms with Crippen LogP contribution in [-0.4, -0.2) is 33.3 Å². The van der Waals surface area contributed by atoms with Crippen LogP contribution in [0.3, 0.4) is 0 Å². The van der Waals surface area contributed by atoms with E-state index < -0.39 is 34.4 Å². The molecule has 0 radical (unpaired) electrons. The van der Waals surface area contributed by atoms with Gasteiger partial charge in [0.1, 0.15) is 24.1 Å². The molecule has 1 unspecified atom stereocenters. The highest BCUT2D eigenvalue weighted by Crippen LogP contribution is 2.27. The Balaban J connectivity index is 2.87. The number of amidine groups is 1. The average molecular weight is 310 g/mol. The number of ether oxygens (including phenoxy) is 1. The van der Waals surface area contributed by atoms with Gasteiger partial charge in [-0.1, -0.05) is 6.07 Å². The zero-order valence-corrected chi connectivity index (χ0v) is 11.3. The molecule has 0 spiro atoms. The first-order valence-electron chi connectivity index (χ1n) is 5.35. The molecular weight excluding hydrogens is 297 g/mol. The Labute approximate surface area is 114 Å². The fourth-order valence-corrected chi connectivity index (χ4v) is 1.99. The SMILES string of the molecule is CS(=O)(=O)c1cccc(OCC(C(=N)N)C(F)(F)F)c1. The molecule has 0 bridgehead atoms. The highest BCUT2D eigenvalue weighted by atomic mass is 32.2. The molecule has 0 aliphatic heterocycles. The lowest BCUT2D eigenvalue weighted by atomic mass is 10.1. The van der Waals surface area contributed by atoms with Gasteiger partial charge in [-0.05, 0) is 18.2 Å². The van der Waals surface area contributed by atoms with E-state index in [1.807, 2.05) is 0 Å². The quantitative estimate of drug-likeness (QED) is 0.638. The minimum absolute atomic E-state index is 0.0385. The van der Waals surface area contributed by atoms with Crippen molar-refractivity contribution in [1.82, 2.24) is 0 Å². The molecule has 3 N–H and O–H groups in total. The number of hydrogen-bond donors (Lipinski definition) is 2. The normalized spacial score (nSPS) is 13.8. The highest BCUT2D eigenvalue weighted by Gasteiger charge is 2.42. The van der Waals surface area contributed by atoms with Crippen LogP contribution in [0, 0.1) is 11.3 Å². The number of halogens is 3. The summed E-state index contributed by atoms with van der Waals surface area (Å²) in [6.07, 6.45) is -3.72. The second-order valence-electron chi connectivity index (χ2n) is 4.11. The Morgan fingerprint density at radius 1 is 1.45 bits per heavy atom. The average Bonchev–Trinajstić information content (AvgIpc) is 2.26. The molecule has 0 fully saturated rings. The largest absolute Gasteiger partial charge is 0.492 e. The molecule has 0 amide bonds. The van der Waals surface area contributed by atoms with Crippen LogP contribution in [0.1, 0.15) is 0 Å². The van der Waals surface area contributed by atoms with Crippen molar-refractivity contribution >= 4 is 15.7 Å². The third-order valence-corrected chi connectivity index (χ3v) is 3.53. The van der Waals surface area contributed by atoms with Gasteiger partial charge in [0.05, 0.1) is 4.90 Å². The Bertz CT molecular complexity index is 599. The van der Waals surface area contributed by atoms with Crippen LogP contribution in [0.2, 0.25) is 0 Å². The van der Waals surface area contributed by atoms with Crippen molar-refractivity contribution in [3.05, 3.63) is 24.3 Å². The zero-order valence-electron chi connectivity index (χ0n) is 10.4. The first kappa shape index (κ1) is 16.3. The van der Waals surface area contributed by atoms with Crippen LogP contribution in [-0.2, 0) is 9.84 Å². The Kier molecular flexibility index (Phi) is 4.64. The molecule has 1 aromatic carbocycles. The minimum Gasteiger partial charge on any atom is -0.492 e. The molecule has 0 saturated heterocycles. The van der Waals surface area contributed by atoms with E-state index in [0.29, 0.717) is 0 Å². The summed E-state index contributed by atoms with van der Waals surface area (Å²) in [5, 5.41) is 6.90. The van der Waals surface area contributed by atoms with Crippen molar-refractivity contribution in [2.24, 2.45) is 11.7 Å². The van der Waals surface area contributed by atoms with Gasteiger partial charge in [0, 0.05) is 6.26 Å². The molecule has 5 nitrogen and oxygen atoms in total. The number of sulfone groups is 1. The standard InChI is InChI=1S/C11H13F3N2O3S/c1-20(17,18)8-4-2-3-7(5-8)19-6-9(10(15)16)11(12,13)14/h2-5,9H,6H2,1H3,(H3,15,16). The van der Waals surface area contributed by atoms with Crippen LogP contribution >= 0.6 is 0 Å². The lowest BCUT2D eigenvalue weighted by Crippen LogP contribution is -2.39. The molecule has 1 atom stereocenters. The molecule has 112 valence electrons. The first-order chi connectivity index (χ1) is 9.01. The molecular formula is C11H13F3N2O3S. The van der Waals surface area contributed by atoms with E-state index in [9.17, 15) is 21.6 Å². The summed E-state index contributed by atoms with van der Waals surface area (Å²) in [6.45, 7) is -0.883. The summed E-state index contributed by atoms with van der Waals surface area (Å²) in [5.41, 5.74) is 4.87. The highest BCUT2D eigenvalue weighted by molar-refractivity contribution is 7.90. The van der Waals surface area contributed by atoms with Gasteiger partial charge in [-0.15, -0.1) is 0 Å². The molecule has 0 saturated carbocycles. The molecule has 0 aliphatic rings. The van der Waals surface area contributed by atoms with Crippen molar-refractivity contribution in [3.63, 3.8) is 0 Å². The maximum absolute atomic E-state index is 12.5. The van der Waals surface area contributed by atoms with Crippen LogP contribution < -0.4 is 10.5 Å². The van der Waals surface area contributed by atoms with E-state index in [2.05, 4.69) is 0 Å². The summed E-state index contributed by atoms with van der Waals surface area (Å²) >= 11 is 0. The number of nitrogens with two attached hydrogens (primary N) is 1. The molecule has 1 aromatic rings. The maximum Gasteiger partial charge on any atom is 0.401 e. The summed E-state index contributed by atoms with van der Waals surface area (Å²) in [4.78, 5) is -0.0682. The zero-order chi connectivity index (χ0) is 15.6. The lowest BCUT2D eigenvalue weighted by Gasteiger charge is -2.19. The number of alkyl halides is 3. The van der Waals surface area contributed by atoms with E-state index in [4.69, 9.17) is 15.9 Å². The third kappa shape index (κ3) is 4.41. The van der Waals surface area contributed by atoms with E-state index in [1.165, 1.54) is 18.2 Å². The van der Waals surface area contributed by atoms with Gasteiger partial charge in [0.2, 0.25) is 0 Å². The van der Waals surface area contributed by atoms with Crippen molar-refractivity contribution in [2.75, 3.05) is 12.9 Å². The number of benzene rings is 1. The second-order valence-corrected chi connectivity index (χ2v) is 6.12. The van der Waals surface area contributed by atoms with Crippen LogP contribution in [0.4, 0.5) is 13.2 Å². The maximum atomic E-state index is 12.5. The van der Waals surface area contributed by atoms with E-state index in [0.717, 1.165) is 12.3 Å². The van der Waals surface area contributed by atoms with E-state index >= 15 is 0 Å². The van der Waals surface area contributed by atoms with Gasteiger partial charge in [0.15, 0.2) is 9.84 Å². The van der Waals surface area contributed by atoms with Gasteiger partial charge in [-0.25, -0.2) is 8.42 Å². The predicted octanol–water partition coefficient (Wildman–Crippen LogP) is 1.58.